The van der Waals surface area contributed by atoms with Crippen LogP contribution < -0.4 is 10.6 Å². The molecule has 2 N–H and O–H groups in total. The fraction of sp³-hybridized carbons (Fsp3) is 0.938. The second-order valence-corrected chi connectivity index (χ2v) is 7.06. The minimum atomic E-state index is 0. The highest BCUT2D eigenvalue weighted by Gasteiger charge is 2.57. The van der Waals surface area contributed by atoms with E-state index in [1.54, 1.807) is 0 Å². The molecular weight excluding hydrogens is 272 g/mol. The average molecular weight is 301 g/mol. The van der Waals surface area contributed by atoms with Crippen molar-refractivity contribution in [3.63, 3.8) is 0 Å². The van der Waals surface area contributed by atoms with Crippen molar-refractivity contribution >= 4 is 18.3 Å². The number of halogens is 1. The van der Waals surface area contributed by atoms with Crippen LogP contribution in [0.15, 0.2) is 0 Å². The molecule has 3 rings (SSSR count). The van der Waals surface area contributed by atoms with E-state index >= 15 is 0 Å². The van der Waals surface area contributed by atoms with Crippen LogP contribution in [0.4, 0.5) is 0 Å². The van der Waals surface area contributed by atoms with Crippen molar-refractivity contribution in [2.75, 3.05) is 13.1 Å². The van der Waals surface area contributed by atoms with Gasteiger partial charge in [0.1, 0.15) is 0 Å². The van der Waals surface area contributed by atoms with E-state index in [1.807, 2.05) is 0 Å². The largest absolute Gasteiger partial charge is 0.353 e. The van der Waals surface area contributed by atoms with Gasteiger partial charge in [-0.2, -0.15) is 0 Å². The lowest BCUT2D eigenvalue weighted by Crippen LogP contribution is -2.41. The van der Waals surface area contributed by atoms with Crippen molar-refractivity contribution in [3.05, 3.63) is 0 Å². The minimum Gasteiger partial charge on any atom is -0.353 e. The van der Waals surface area contributed by atoms with Crippen molar-refractivity contribution in [2.45, 2.75) is 64.3 Å². The molecule has 0 aromatic heterocycles. The average Bonchev–Trinajstić information content (AvgIpc) is 3.14. The highest BCUT2D eigenvalue weighted by atomic mass is 35.5. The zero-order valence-electron chi connectivity index (χ0n) is 12.6. The highest BCUT2D eigenvalue weighted by molar-refractivity contribution is 5.85. The zero-order chi connectivity index (χ0) is 13.3. The van der Waals surface area contributed by atoms with E-state index in [2.05, 4.69) is 17.6 Å². The molecule has 0 bridgehead atoms. The van der Waals surface area contributed by atoms with Gasteiger partial charge in [0.05, 0.1) is 0 Å². The van der Waals surface area contributed by atoms with Crippen molar-refractivity contribution < 1.29 is 4.79 Å². The first-order valence-corrected chi connectivity index (χ1v) is 8.22. The Hall–Kier alpha value is -0.280. The molecule has 0 aromatic carbocycles. The van der Waals surface area contributed by atoms with E-state index in [0.29, 0.717) is 23.3 Å². The molecule has 2 aliphatic carbocycles. The Bertz CT molecular complexity index is 335. The van der Waals surface area contributed by atoms with Gasteiger partial charge in [0.25, 0.3) is 0 Å². The van der Waals surface area contributed by atoms with Crippen LogP contribution >= 0.6 is 12.4 Å². The summed E-state index contributed by atoms with van der Waals surface area (Å²) in [6, 6.07) is 0.382. The summed E-state index contributed by atoms with van der Waals surface area (Å²) < 4.78 is 0. The van der Waals surface area contributed by atoms with Gasteiger partial charge in [-0.05, 0) is 63.5 Å². The quantitative estimate of drug-likeness (QED) is 0.841. The molecule has 2 unspecified atom stereocenters. The van der Waals surface area contributed by atoms with Gasteiger partial charge in [0.2, 0.25) is 5.91 Å². The van der Waals surface area contributed by atoms with Gasteiger partial charge in [0, 0.05) is 12.0 Å². The third-order valence-corrected chi connectivity index (χ3v) is 5.83. The van der Waals surface area contributed by atoms with E-state index in [0.717, 1.165) is 25.4 Å². The lowest BCUT2D eigenvalue weighted by Gasteiger charge is -2.29. The SMILES string of the molecule is CC(NC(=O)C1CC12CCNCC2)C1CCCCC1.Cl. The molecule has 3 nitrogen and oxygen atoms in total. The topological polar surface area (TPSA) is 41.1 Å². The number of rotatable bonds is 3. The van der Waals surface area contributed by atoms with E-state index < -0.39 is 0 Å². The standard InChI is InChI=1S/C16H28N2O.ClH/c1-12(13-5-3-2-4-6-13)18-15(19)14-11-16(14)7-9-17-10-8-16;/h12-14,17H,2-11H2,1H3,(H,18,19);1H. The van der Waals surface area contributed by atoms with Crippen LogP contribution in [0.3, 0.4) is 0 Å². The monoisotopic (exact) mass is 300 g/mol. The molecule has 1 amide bonds. The van der Waals surface area contributed by atoms with Crippen molar-refractivity contribution in [1.82, 2.24) is 10.6 Å². The maximum Gasteiger partial charge on any atom is 0.223 e. The van der Waals surface area contributed by atoms with Gasteiger partial charge >= 0.3 is 0 Å². The molecule has 1 spiro atoms. The van der Waals surface area contributed by atoms with E-state index in [1.165, 1.54) is 44.9 Å². The molecule has 20 heavy (non-hydrogen) atoms. The fourth-order valence-electron chi connectivity index (χ4n) is 4.27. The highest BCUT2D eigenvalue weighted by Crippen LogP contribution is 2.58. The molecule has 4 heteroatoms. The molecule has 0 aromatic rings. The van der Waals surface area contributed by atoms with Crippen molar-refractivity contribution in [2.24, 2.45) is 17.3 Å². The van der Waals surface area contributed by atoms with Crippen molar-refractivity contribution in [3.8, 4) is 0 Å². The summed E-state index contributed by atoms with van der Waals surface area (Å²) in [6.07, 6.45) is 10.2. The third kappa shape index (κ3) is 3.30. The van der Waals surface area contributed by atoms with Gasteiger partial charge in [-0.1, -0.05) is 19.3 Å². The number of nitrogens with one attached hydrogen (secondary N) is 2. The number of carbonyl (C=O) groups excluding carboxylic acids is 1. The second kappa shape index (κ2) is 6.65. The molecule has 3 fully saturated rings. The molecular formula is C16H29ClN2O. The maximum absolute atomic E-state index is 12.4. The van der Waals surface area contributed by atoms with Crippen LogP contribution in [0.25, 0.3) is 0 Å². The van der Waals surface area contributed by atoms with Gasteiger partial charge in [-0.3, -0.25) is 4.79 Å². The molecule has 2 saturated carbocycles. The third-order valence-electron chi connectivity index (χ3n) is 5.83. The lowest BCUT2D eigenvalue weighted by atomic mass is 9.84. The van der Waals surface area contributed by atoms with E-state index in [9.17, 15) is 4.79 Å². The summed E-state index contributed by atoms with van der Waals surface area (Å²) in [5.41, 5.74) is 0.377. The molecule has 2 atom stereocenters. The first-order valence-electron chi connectivity index (χ1n) is 8.22. The molecule has 3 aliphatic rings. The van der Waals surface area contributed by atoms with Crippen LogP contribution in [-0.4, -0.2) is 25.0 Å². The molecule has 1 saturated heterocycles. The number of hydrogen-bond acceptors (Lipinski definition) is 2. The van der Waals surface area contributed by atoms with E-state index in [4.69, 9.17) is 0 Å². The van der Waals surface area contributed by atoms with Gasteiger partial charge < -0.3 is 10.6 Å². The van der Waals surface area contributed by atoms with Crippen LogP contribution in [0.2, 0.25) is 0 Å². The minimum absolute atomic E-state index is 0. The van der Waals surface area contributed by atoms with E-state index in [-0.39, 0.29) is 12.4 Å². The summed E-state index contributed by atoms with van der Waals surface area (Å²) in [4.78, 5) is 12.4. The van der Waals surface area contributed by atoms with Crippen LogP contribution in [0, 0.1) is 17.3 Å². The van der Waals surface area contributed by atoms with Gasteiger partial charge in [-0.15, -0.1) is 12.4 Å². The first kappa shape index (κ1) is 16.1. The first-order chi connectivity index (χ1) is 9.21. The predicted octanol–water partition coefficient (Wildman–Crippen LogP) is 2.88. The Morgan fingerprint density at radius 2 is 1.85 bits per heavy atom. The zero-order valence-corrected chi connectivity index (χ0v) is 13.4. The second-order valence-electron chi connectivity index (χ2n) is 7.06. The molecule has 0 radical (unpaired) electrons. The van der Waals surface area contributed by atoms with Crippen LogP contribution in [0.1, 0.15) is 58.3 Å². The maximum atomic E-state index is 12.4. The number of amides is 1. The van der Waals surface area contributed by atoms with Crippen LogP contribution in [-0.2, 0) is 4.79 Å². The molecule has 116 valence electrons. The molecule has 1 heterocycles. The normalized spacial score (nSPS) is 30.4. The van der Waals surface area contributed by atoms with Gasteiger partial charge in [-0.25, -0.2) is 0 Å². The summed E-state index contributed by atoms with van der Waals surface area (Å²) in [5.74, 6) is 1.39. The van der Waals surface area contributed by atoms with Crippen molar-refractivity contribution in [1.29, 1.82) is 0 Å². The number of piperidine rings is 1. The van der Waals surface area contributed by atoms with Crippen LogP contribution in [0.5, 0.6) is 0 Å². The number of hydrogen-bond donors (Lipinski definition) is 2. The Balaban J connectivity index is 0.00000147. The summed E-state index contributed by atoms with van der Waals surface area (Å²) in [7, 11) is 0. The summed E-state index contributed by atoms with van der Waals surface area (Å²) in [5, 5.41) is 6.72. The molecule has 1 aliphatic heterocycles. The summed E-state index contributed by atoms with van der Waals surface area (Å²) in [6.45, 7) is 4.41. The Morgan fingerprint density at radius 1 is 1.20 bits per heavy atom. The number of carbonyl (C=O) groups is 1. The predicted molar refractivity (Wildman–Crippen MR) is 84.1 cm³/mol. The lowest BCUT2D eigenvalue weighted by molar-refractivity contribution is -0.124. The fourth-order valence-corrected chi connectivity index (χ4v) is 4.27. The Labute approximate surface area is 129 Å². The smallest absolute Gasteiger partial charge is 0.223 e. The Kier molecular flexibility index (Phi) is 5.36. The Morgan fingerprint density at radius 3 is 2.50 bits per heavy atom. The van der Waals surface area contributed by atoms with Gasteiger partial charge in [0.15, 0.2) is 0 Å². The summed E-state index contributed by atoms with van der Waals surface area (Å²) >= 11 is 0.